The summed E-state index contributed by atoms with van der Waals surface area (Å²) in [5.41, 5.74) is 7.01. The molecule has 19 heavy (non-hydrogen) atoms. The smallest absolute Gasteiger partial charge is 0.119 e. The third kappa shape index (κ3) is 4.80. The van der Waals surface area contributed by atoms with Gasteiger partial charge in [0.15, 0.2) is 0 Å². The molecule has 1 atom stereocenters. The van der Waals surface area contributed by atoms with E-state index < -0.39 is 0 Å². The lowest BCUT2D eigenvalue weighted by Crippen LogP contribution is -2.34. The number of hydrogen-bond acceptors (Lipinski definition) is 3. The zero-order chi connectivity index (χ0) is 14.3. The summed E-state index contributed by atoms with van der Waals surface area (Å²) in [5.74, 6) is 0.866. The van der Waals surface area contributed by atoms with Crippen molar-refractivity contribution < 1.29 is 4.74 Å². The molecule has 0 aliphatic carbocycles. The highest BCUT2D eigenvalue weighted by Crippen LogP contribution is 2.24. The van der Waals surface area contributed by atoms with Gasteiger partial charge < -0.3 is 10.5 Å². The fourth-order valence-corrected chi connectivity index (χ4v) is 2.43. The van der Waals surface area contributed by atoms with Gasteiger partial charge in [0.05, 0.1) is 17.6 Å². The van der Waals surface area contributed by atoms with E-state index >= 15 is 0 Å². The van der Waals surface area contributed by atoms with E-state index in [-0.39, 0.29) is 6.04 Å². The Hall–Kier alpha value is -1.13. The van der Waals surface area contributed by atoms with Crippen molar-refractivity contribution in [3.63, 3.8) is 0 Å². The second kappa shape index (κ2) is 8.12. The minimum absolute atomic E-state index is 0.0260. The number of thiocarbonyl (C=S) groups is 1. The van der Waals surface area contributed by atoms with Gasteiger partial charge in [0.1, 0.15) is 5.75 Å². The first-order valence-electron chi connectivity index (χ1n) is 6.82. The quantitative estimate of drug-likeness (QED) is 0.742. The molecule has 1 rings (SSSR count). The molecule has 0 radical (unpaired) electrons. The average Bonchev–Trinajstić information content (AvgIpc) is 2.37. The summed E-state index contributed by atoms with van der Waals surface area (Å²) >= 11 is 5.23. The van der Waals surface area contributed by atoms with Crippen LogP contribution in [0.4, 0.5) is 0 Å². The van der Waals surface area contributed by atoms with Crippen molar-refractivity contribution in [2.75, 3.05) is 20.2 Å². The van der Waals surface area contributed by atoms with E-state index in [4.69, 9.17) is 22.7 Å². The second-order valence-electron chi connectivity index (χ2n) is 4.64. The minimum atomic E-state index is -0.0260. The summed E-state index contributed by atoms with van der Waals surface area (Å²) in [4.78, 5) is 2.71. The predicted octanol–water partition coefficient (Wildman–Crippen LogP) is 3.14. The first-order valence-corrected chi connectivity index (χ1v) is 7.23. The number of ether oxygens (including phenoxy) is 1. The lowest BCUT2D eigenvalue weighted by Gasteiger charge is -2.27. The number of hydrogen-bond donors (Lipinski definition) is 1. The molecule has 0 aliphatic rings. The number of nitrogens with zero attached hydrogens (tertiary/aromatic N) is 1. The highest BCUT2D eigenvalue weighted by atomic mass is 32.1. The average molecular weight is 280 g/mol. The Labute approximate surface area is 121 Å². The maximum absolute atomic E-state index is 5.91. The molecule has 106 valence electrons. The van der Waals surface area contributed by atoms with Crippen molar-refractivity contribution in [3.8, 4) is 5.75 Å². The fourth-order valence-electron chi connectivity index (χ4n) is 2.11. The van der Waals surface area contributed by atoms with Gasteiger partial charge in [-0.2, -0.15) is 0 Å². The van der Waals surface area contributed by atoms with Gasteiger partial charge >= 0.3 is 0 Å². The van der Waals surface area contributed by atoms with E-state index in [0.29, 0.717) is 11.6 Å². The molecule has 2 N–H and O–H groups in total. The van der Waals surface area contributed by atoms with Gasteiger partial charge in [-0.15, -0.1) is 0 Å². The Balaban J connectivity index is 2.92. The van der Waals surface area contributed by atoms with Gasteiger partial charge in [-0.3, -0.25) is 4.90 Å². The molecule has 0 saturated heterocycles. The summed E-state index contributed by atoms with van der Waals surface area (Å²) in [6.45, 7) is 5.80. The Bertz CT molecular complexity index is 409. The molecule has 0 saturated carbocycles. The van der Waals surface area contributed by atoms with E-state index in [1.807, 2.05) is 25.1 Å². The van der Waals surface area contributed by atoms with E-state index in [1.165, 1.54) is 0 Å². The molecule has 0 aliphatic heterocycles. The van der Waals surface area contributed by atoms with Gasteiger partial charge in [-0.25, -0.2) is 0 Å². The molecule has 3 nitrogen and oxygen atoms in total. The Morgan fingerprint density at radius 2 is 2.16 bits per heavy atom. The van der Waals surface area contributed by atoms with Crippen molar-refractivity contribution >= 4 is 17.2 Å². The van der Waals surface area contributed by atoms with Gasteiger partial charge in [0.25, 0.3) is 0 Å². The first-order chi connectivity index (χ1) is 9.10. The van der Waals surface area contributed by atoms with Crippen LogP contribution in [0.1, 0.15) is 38.3 Å². The van der Waals surface area contributed by atoms with Gasteiger partial charge in [-0.05, 0) is 44.6 Å². The van der Waals surface area contributed by atoms with Crippen LogP contribution in [0.3, 0.4) is 0 Å². The van der Waals surface area contributed by atoms with Crippen LogP contribution in [0, 0.1) is 0 Å². The molecule has 1 aromatic rings. The first kappa shape index (κ1) is 15.9. The zero-order valence-electron chi connectivity index (χ0n) is 12.1. The van der Waals surface area contributed by atoms with E-state index in [1.54, 1.807) is 0 Å². The molecule has 0 aromatic heterocycles. The Kier molecular flexibility index (Phi) is 6.81. The SMILES string of the molecule is CCCCN(C)C(C(N)=S)c1cccc(OCC)c1. The summed E-state index contributed by atoms with van der Waals surface area (Å²) < 4.78 is 5.53. The minimum Gasteiger partial charge on any atom is -0.494 e. The van der Waals surface area contributed by atoms with Crippen molar-refractivity contribution in [1.29, 1.82) is 0 Å². The maximum Gasteiger partial charge on any atom is 0.119 e. The molecule has 1 aromatic carbocycles. The van der Waals surface area contributed by atoms with Crippen LogP contribution in [-0.2, 0) is 0 Å². The lowest BCUT2D eigenvalue weighted by molar-refractivity contribution is 0.294. The monoisotopic (exact) mass is 280 g/mol. The third-order valence-corrected chi connectivity index (χ3v) is 3.28. The van der Waals surface area contributed by atoms with Crippen molar-refractivity contribution in [2.24, 2.45) is 5.73 Å². The van der Waals surface area contributed by atoms with Gasteiger partial charge in [-0.1, -0.05) is 37.7 Å². The molecule has 0 bridgehead atoms. The predicted molar refractivity (Wildman–Crippen MR) is 84.7 cm³/mol. The highest BCUT2D eigenvalue weighted by molar-refractivity contribution is 7.80. The summed E-state index contributed by atoms with van der Waals surface area (Å²) in [6, 6.07) is 7.99. The molecule has 1 unspecified atom stereocenters. The van der Waals surface area contributed by atoms with E-state index in [2.05, 4.69) is 24.9 Å². The molecular formula is C15H24N2OS. The molecule has 0 heterocycles. The van der Waals surface area contributed by atoms with Crippen LogP contribution in [0.5, 0.6) is 5.75 Å². The van der Waals surface area contributed by atoms with E-state index in [9.17, 15) is 0 Å². The fraction of sp³-hybridized carbons (Fsp3) is 0.533. The Morgan fingerprint density at radius 1 is 1.42 bits per heavy atom. The van der Waals surface area contributed by atoms with Crippen LogP contribution in [0.25, 0.3) is 0 Å². The largest absolute Gasteiger partial charge is 0.494 e. The third-order valence-electron chi connectivity index (χ3n) is 3.06. The summed E-state index contributed by atoms with van der Waals surface area (Å²) in [5, 5.41) is 0. The molecular weight excluding hydrogens is 256 g/mol. The van der Waals surface area contributed by atoms with Gasteiger partial charge in [0.2, 0.25) is 0 Å². The zero-order valence-corrected chi connectivity index (χ0v) is 12.9. The van der Waals surface area contributed by atoms with Gasteiger partial charge in [0, 0.05) is 0 Å². The second-order valence-corrected chi connectivity index (χ2v) is 5.12. The normalized spacial score (nSPS) is 12.4. The molecule has 0 spiro atoms. The van der Waals surface area contributed by atoms with E-state index in [0.717, 1.165) is 30.7 Å². The lowest BCUT2D eigenvalue weighted by atomic mass is 10.0. The molecule has 0 amide bonds. The molecule has 0 fully saturated rings. The van der Waals surface area contributed by atoms with Crippen LogP contribution >= 0.6 is 12.2 Å². The Morgan fingerprint density at radius 3 is 2.74 bits per heavy atom. The van der Waals surface area contributed by atoms with Crippen LogP contribution < -0.4 is 10.5 Å². The number of benzene rings is 1. The number of unbranched alkanes of at least 4 members (excludes halogenated alkanes) is 1. The van der Waals surface area contributed by atoms with Crippen LogP contribution in [-0.4, -0.2) is 30.1 Å². The molecule has 4 heteroatoms. The van der Waals surface area contributed by atoms with Crippen molar-refractivity contribution in [3.05, 3.63) is 29.8 Å². The maximum atomic E-state index is 5.91. The standard InChI is InChI=1S/C15H24N2OS/c1-4-6-10-17(3)14(15(16)19)12-8-7-9-13(11-12)18-5-2/h7-9,11,14H,4-6,10H2,1-3H3,(H2,16,19). The van der Waals surface area contributed by atoms with Crippen LogP contribution in [0.2, 0.25) is 0 Å². The summed E-state index contributed by atoms with van der Waals surface area (Å²) in [7, 11) is 2.06. The topological polar surface area (TPSA) is 38.5 Å². The number of rotatable bonds is 8. The highest BCUT2D eigenvalue weighted by Gasteiger charge is 2.19. The number of likely N-dealkylation sites (N-methyl/N-ethyl adjacent to an activating group) is 1. The summed E-state index contributed by atoms with van der Waals surface area (Å²) in [6.07, 6.45) is 2.30. The van der Waals surface area contributed by atoms with Crippen molar-refractivity contribution in [2.45, 2.75) is 32.7 Å². The van der Waals surface area contributed by atoms with Crippen LogP contribution in [0.15, 0.2) is 24.3 Å². The van der Waals surface area contributed by atoms with Crippen molar-refractivity contribution in [1.82, 2.24) is 4.90 Å². The number of nitrogens with two attached hydrogens (primary N) is 1.